The Kier molecular flexibility index (Phi) is 5.56. The molecule has 1 aromatic rings. The van der Waals surface area contributed by atoms with Gasteiger partial charge >= 0.3 is 5.97 Å². The molecule has 110 valence electrons. The summed E-state index contributed by atoms with van der Waals surface area (Å²) < 4.78 is 10.7. The first kappa shape index (κ1) is 15.0. The van der Waals surface area contributed by atoms with Gasteiger partial charge in [-0.3, -0.25) is 4.90 Å². The van der Waals surface area contributed by atoms with E-state index in [1.165, 1.54) is 0 Å². The molecule has 0 saturated carbocycles. The van der Waals surface area contributed by atoms with Gasteiger partial charge in [-0.05, 0) is 32.4 Å². The minimum absolute atomic E-state index is 0.173. The minimum Gasteiger partial charge on any atom is -0.465 e. The summed E-state index contributed by atoms with van der Waals surface area (Å²) in [7, 11) is 2.00. The van der Waals surface area contributed by atoms with Crippen molar-refractivity contribution < 1.29 is 14.3 Å². The average molecular weight is 277 g/mol. The van der Waals surface area contributed by atoms with E-state index in [2.05, 4.69) is 4.90 Å². The maximum Gasteiger partial charge on any atom is 0.327 e. The third kappa shape index (κ3) is 3.58. The molecule has 0 bridgehead atoms. The van der Waals surface area contributed by atoms with Crippen LogP contribution in [-0.2, 0) is 14.3 Å². The van der Waals surface area contributed by atoms with E-state index in [-0.39, 0.29) is 12.0 Å². The summed E-state index contributed by atoms with van der Waals surface area (Å²) in [5.41, 5.74) is 0.986. The maximum atomic E-state index is 12.3. The molecule has 1 aliphatic heterocycles. The van der Waals surface area contributed by atoms with Crippen molar-refractivity contribution in [2.75, 3.05) is 26.9 Å². The van der Waals surface area contributed by atoms with Crippen molar-refractivity contribution in [1.29, 1.82) is 0 Å². The highest BCUT2D eigenvalue weighted by Crippen LogP contribution is 2.26. The quantitative estimate of drug-likeness (QED) is 0.775. The van der Waals surface area contributed by atoms with Crippen molar-refractivity contribution in [1.82, 2.24) is 4.90 Å². The zero-order valence-corrected chi connectivity index (χ0v) is 12.2. The number of carbonyl (C=O) groups excluding carboxylic acids is 1. The SMILES string of the molecule is CCOC(=O)C(c1ccccc1)N(C)C1CCOCC1. The van der Waals surface area contributed by atoms with Crippen molar-refractivity contribution in [2.24, 2.45) is 0 Å². The first-order chi connectivity index (χ1) is 9.74. The van der Waals surface area contributed by atoms with Crippen molar-refractivity contribution in [2.45, 2.75) is 31.8 Å². The molecule has 20 heavy (non-hydrogen) atoms. The molecule has 1 aromatic carbocycles. The number of rotatable bonds is 5. The smallest absolute Gasteiger partial charge is 0.327 e. The van der Waals surface area contributed by atoms with Gasteiger partial charge < -0.3 is 9.47 Å². The summed E-state index contributed by atoms with van der Waals surface area (Å²) in [4.78, 5) is 14.5. The van der Waals surface area contributed by atoms with Crippen LogP contribution in [0.15, 0.2) is 30.3 Å². The largest absolute Gasteiger partial charge is 0.465 e. The summed E-state index contributed by atoms with van der Waals surface area (Å²) in [5, 5.41) is 0. The lowest BCUT2D eigenvalue weighted by Gasteiger charge is -2.36. The van der Waals surface area contributed by atoms with Crippen LogP contribution >= 0.6 is 0 Å². The Bertz CT molecular complexity index is 415. The van der Waals surface area contributed by atoms with E-state index in [1.54, 1.807) is 0 Å². The standard InChI is InChI=1S/C16H23NO3/c1-3-20-16(18)15(13-7-5-4-6-8-13)17(2)14-9-11-19-12-10-14/h4-8,14-15H,3,9-12H2,1-2H3. The predicted octanol–water partition coefficient (Wildman–Crippen LogP) is 2.40. The van der Waals surface area contributed by atoms with Crippen LogP contribution in [0.2, 0.25) is 0 Å². The van der Waals surface area contributed by atoms with E-state index in [9.17, 15) is 4.79 Å². The summed E-state index contributed by atoms with van der Waals surface area (Å²) in [6.45, 7) is 3.77. The van der Waals surface area contributed by atoms with Crippen LogP contribution in [0.4, 0.5) is 0 Å². The molecule has 4 nitrogen and oxygen atoms in total. The summed E-state index contributed by atoms with van der Waals surface area (Å²) in [6, 6.07) is 9.87. The molecule has 4 heteroatoms. The van der Waals surface area contributed by atoms with E-state index < -0.39 is 0 Å². The van der Waals surface area contributed by atoms with Gasteiger partial charge in [0.25, 0.3) is 0 Å². The zero-order chi connectivity index (χ0) is 14.4. The van der Waals surface area contributed by atoms with Crippen LogP contribution in [-0.4, -0.2) is 43.8 Å². The number of esters is 1. The second-order valence-electron chi connectivity index (χ2n) is 5.07. The lowest BCUT2D eigenvalue weighted by Crippen LogP contribution is -2.42. The number of benzene rings is 1. The highest BCUT2D eigenvalue weighted by molar-refractivity contribution is 5.77. The Morgan fingerprint density at radius 3 is 2.60 bits per heavy atom. The lowest BCUT2D eigenvalue weighted by atomic mass is 10.0. The lowest BCUT2D eigenvalue weighted by molar-refractivity contribution is -0.151. The Morgan fingerprint density at radius 1 is 1.35 bits per heavy atom. The molecule has 1 aliphatic rings. The molecule has 0 amide bonds. The normalized spacial score (nSPS) is 17.9. The van der Waals surface area contributed by atoms with Gasteiger partial charge in [0, 0.05) is 19.3 Å². The maximum absolute atomic E-state index is 12.3. The molecule has 0 aliphatic carbocycles. The summed E-state index contributed by atoms with van der Waals surface area (Å²) in [5.74, 6) is -0.173. The van der Waals surface area contributed by atoms with E-state index in [4.69, 9.17) is 9.47 Å². The highest BCUT2D eigenvalue weighted by Gasteiger charge is 2.31. The van der Waals surface area contributed by atoms with Gasteiger partial charge in [-0.2, -0.15) is 0 Å². The van der Waals surface area contributed by atoms with Gasteiger partial charge in [-0.25, -0.2) is 4.79 Å². The molecule has 2 rings (SSSR count). The number of ether oxygens (including phenoxy) is 2. The second-order valence-corrected chi connectivity index (χ2v) is 5.07. The van der Waals surface area contributed by atoms with Crippen molar-refractivity contribution in [3.8, 4) is 0 Å². The fraction of sp³-hybridized carbons (Fsp3) is 0.562. The third-order valence-electron chi connectivity index (χ3n) is 3.80. The van der Waals surface area contributed by atoms with Crippen molar-refractivity contribution in [3.63, 3.8) is 0 Å². The first-order valence-corrected chi connectivity index (χ1v) is 7.25. The molecule has 1 heterocycles. The number of hydrogen-bond acceptors (Lipinski definition) is 4. The zero-order valence-electron chi connectivity index (χ0n) is 12.2. The van der Waals surface area contributed by atoms with E-state index in [0.29, 0.717) is 12.6 Å². The summed E-state index contributed by atoms with van der Waals surface area (Å²) in [6.07, 6.45) is 1.92. The Morgan fingerprint density at radius 2 is 2.00 bits per heavy atom. The molecule has 1 unspecified atom stereocenters. The highest BCUT2D eigenvalue weighted by atomic mass is 16.5. The Balaban J connectivity index is 2.19. The van der Waals surface area contributed by atoms with Crippen LogP contribution in [0.5, 0.6) is 0 Å². The monoisotopic (exact) mass is 277 g/mol. The molecule has 1 saturated heterocycles. The average Bonchev–Trinajstić information content (AvgIpc) is 2.50. The molecule has 1 atom stereocenters. The first-order valence-electron chi connectivity index (χ1n) is 7.25. The number of likely N-dealkylation sites (N-methyl/N-ethyl adjacent to an activating group) is 1. The van der Waals surface area contributed by atoms with Gasteiger partial charge in [0.05, 0.1) is 6.61 Å². The van der Waals surface area contributed by atoms with Gasteiger partial charge in [-0.15, -0.1) is 0 Å². The molecule has 0 aromatic heterocycles. The Hall–Kier alpha value is -1.39. The van der Waals surface area contributed by atoms with E-state index in [0.717, 1.165) is 31.6 Å². The third-order valence-corrected chi connectivity index (χ3v) is 3.80. The van der Waals surface area contributed by atoms with Crippen LogP contribution in [0.3, 0.4) is 0 Å². The molecule has 0 spiro atoms. The second kappa shape index (κ2) is 7.41. The van der Waals surface area contributed by atoms with Crippen molar-refractivity contribution >= 4 is 5.97 Å². The molecule has 0 N–H and O–H groups in total. The minimum atomic E-state index is -0.334. The van der Waals surface area contributed by atoms with Crippen molar-refractivity contribution in [3.05, 3.63) is 35.9 Å². The van der Waals surface area contributed by atoms with E-state index in [1.807, 2.05) is 44.3 Å². The van der Waals surface area contributed by atoms with Crippen LogP contribution < -0.4 is 0 Å². The predicted molar refractivity (Wildman–Crippen MR) is 77.4 cm³/mol. The van der Waals surface area contributed by atoms with Crippen LogP contribution in [0, 0.1) is 0 Å². The fourth-order valence-corrected chi connectivity index (χ4v) is 2.70. The van der Waals surface area contributed by atoms with Gasteiger partial charge in [0.15, 0.2) is 0 Å². The Labute approximate surface area is 120 Å². The number of carbonyl (C=O) groups is 1. The van der Waals surface area contributed by atoms with Gasteiger partial charge in [-0.1, -0.05) is 30.3 Å². The van der Waals surface area contributed by atoms with Crippen LogP contribution in [0.1, 0.15) is 31.4 Å². The fourth-order valence-electron chi connectivity index (χ4n) is 2.70. The molecule has 0 radical (unpaired) electrons. The van der Waals surface area contributed by atoms with Gasteiger partial charge in [0.1, 0.15) is 6.04 Å². The van der Waals surface area contributed by atoms with Gasteiger partial charge in [0.2, 0.25) is 0 Å². The molecular weight excluding hydrogens is 254 g/mol. The topological polar surface area (TPSA) is 38.8 Å². The number of hydrogen-bond donors (Lipinski definition) is 0. The van der Waals surface area contributed by atoms with Crippen LogP contribution in [0.25, 0.3) is 0 Å². The van der Waals surface area contributed by atoms with E-state index >= 15 is 0 Å². The number of nitrogens with zero attached hydrogens (tertiary/aromatic N) is 1. The molecular formula is C16H23NO3. The summed E-state index contributed by atoms with van der Waals surface area (Å²) >= 11 is 0. The molecule has 1 fully saturated rings.